The normalized spacial score (nSPS) is 18.4. The van der Waals surface area contributed by atoms with Gasteiger partial charge in [0.25, 0.3) is 0 Å². The fourth-order valence-electron chi connectivity index (χ4n) is 2.02. The minimum absolute atomic E-state index is 0.216. The second-order valence-corrected chi connectivity index (χ2v) is 5.08. The predicted octanol–water partition coefficient (Wildman–Crippen LogP) is 0.979. The van der Waals surface area contributed by atoms with E-state index in [4.69, 9.17) is 5.11 Å². The highest BCUT2D eigenvalue weighted by Gasteiger charge is 2.19. The standard InChI is InChI=1S/C11H17N3O2S/c1-2-13-3-5-14(6-4-13)7-9-10(11(15)16)12-8-17-9/h8H,2-7H2,1H3,(H,15,16). The zero-order valence-corrected chi connectivity index (χ0v) is 10.7. The summed E-state index contributed by atoms with van der Waals surface area (Å²) in [5, 5.41) is 8.98. The first-order valence-electron chi connectivity index (χ1n) is 5.81. The van der Waals surface area contributed by atoms with E-state index in [0.29, 0.717) is 6.54 Å². The molecule has 0 spiro atoms. The molecule has 0 atom stereocenters. The van der Waals surface area contributed by atoms with Crippen LogP contribution in [-0.2, 0) is 6.54 Å². The molecule has 0 radical (unpaired) electrons. The Labute approximate surface area is 105 Å². The molecular weight excluding hydrogens is 238 g/mol. The fraction of sp³-hybridized carbons (Fsp3) is 0.636. The van der Waals surface area contributed by atoms with Gasteiger partial charge in [-0.3, -0.25) is 4.90 Å². The van der Waals surface area contributed by atoms with Crippen molar-refractivity contribution in [2.45, 2.75) is 13.5 Å². The van der Waals surface area contributed by atoms with Crippen molar-refractivity contribution in [1.29, 1.82) is 0 Å². The van der Waals surface area contributed by atoms with Crippen molar-refractivity contribution in [3.8, 4) is 0 Å². The van der Waals surface area contributed by atoms with E-state index < -0.39 is 5.97 Å². The molecule has 0 amide bonds. The molecule has 1 aliphatic rings. The van der Waals surface area contributed by atoms with E-state index in [9.17, 15) is 4.79 Å². The smallest absolute Gasteiger partial charge is 0.355 e. The van der Waals surface area contributed by atoms with Crippen LogP contribution in [0.15, 0.2) is 5.51 Å². The van der Waals surface area contributed by atoms with Crippen molar-refractivity contribution in [3.63, 3.8) is 0 Å². The predicted molar refractivity (Wildman–Crippen MR) is 66.5 cm³/mol. The highest BCUT2D eigenvalue weighted by molar-refractivity contribution is 7.09. The van der Waals surface area contributed by atoms with Gasteiger partial charge in [-0.2, -0.15) is 0 Å². The number of hydrogen-bond acceptors (Lipinski definition) is 5. The Hall–Kier alpha value is -0.980. The molecule has 6 heteroatoms. The van der Waals surface area contributed by atoms with Crippen LogP contribution in [0.5, 0.6) is 0 Å². The third-order valence-corrected chi connectivity index (χ3v) is 3.94. The highest BCUT2D eigenvalue weighted by Crippen LogP contribution is 2.17. The lowest BCUT2D eigenvalue weighted by Crippen LogP contribution is -2.45. The SMILES string of the molecule is CCN1CCN(Cc2scnc2C(=O)O)CC1. The molecule has 94 valence electrons. The maximum Gasteiger partial charge on any atom is 0.355 e. The highest BCUT2D eigenvalue weighted by atomic mass is 32.1. The minimum Gasteiger partial charge on any atom is -0.476 e. The van der Waals surface area contributed by atoms with Gasteiger partial charge in [-0.1, -0.05) is 6.92 Å². The van der Waals surface area contributed by atoms with Crippen molar-refractivity contribution < 1.29 is 9.90 Å². The summed E-state index contributed by atoms with van der Waals surface area (Å²) in [7, 11) is 0. The maximum atomic E-state index is 10.9. The molecule has 1 aliphatic heterocycles. The second kappa shape index (κ2) is 5.57. The molecule has 0 aromatic carbocycles. The van der Waals surface area contributed by atoms with E-state index in [1.54, 1.807) is 5.51 Å². The van der Waals surface area contributed by atoms with E-state index in [-0.39, 0.29) is 5.69 Å². The van der Waals surface area contributed by atoms with Crippen molar-refractivity contribution in [3.05, 3.63) is 16.1 Å². The van der Waals surface area contributed by atoms with E-state index in [0.717, 1.165) is 37.6 Å². The molecule has 1 fully saturated rings. The number of carboxylic acids is 1. The molecule has 0 aliphatic carbocycles. The molecule has 1 aromatic rings. The van der Waals surface area contributed by atoms with E-state index in [1.807, 2.05) is 0 Å². The van der Waals surface area contributed by atoms with Gasteiger partial charge in [0.2, 0.25) is 0 Å². The largest absolute Gasteiger partial charge is 0.476 e. The Balaban J connectivity index is 1.93. The van der Waals surface area contributed by atoms with Gasteiger partial charge >= 0.3 is 5.97 Å². The van der Waals surface area contributed by atoms with Crippen LogP contribution in [0.1, 0.15) is 22.3 Å². The number of carbonyl (C=O) groups is 1. The number of carboxylic acid groups (broad SMARTS) is 1. The van der Waals surface area contributed by atoms with Gasteiger partial charge in [0.1, 0.15) is 0 Å². The molecule has 0 saturated carbocycles. The number of piperazine rings is 1. The molecule has 1 aromatic heterocycles. The number of thiazole rings is 1. The van der Waals surface area contributed by atoms with Gasteiger partial charge in [-0.05, 0) is 6.54 Å². The zero-order valence-electron chi connectivity index (χ0n) is 9.93. The van der Waals surface area contributed by atoms with Crippen molar-refractivity contribution in [1.82, 2.24) is 14.8 Å². The lowest BCUT2D eigenvalue weighted by Gasteiger charge is -2.33. The van der Waals surface area contributed by atoms with Crippen LogP contribution in [0.2, 0.25) is 0 Å². The molecule has 0 unspecified atom stereocenters. The number of likely N-dealkylation sites (N-methyl/N-ethyl adjacent to an activating group) is 1. The third kappa shape index (κ3) is 3.02. The first-order valence-corrected chi connectivity index (χ1v) is 6.69. The topological polar surface area (TPSA) is 56.7 Å². The van der Waals surface area contributed by atoms with Gasteiger partial charge in [-0.25, -0.2) is 9.78 Å². The summed E-state index contributed by atoms with van der Waals surface area (Å²) >= 11 is 1.43. The van der Waals surface area contributed by atoms with Gasteiger partial charge in [0.05, 0.1) is 10.4 Å². The number of aromatic nitrogens is 1. The fourth-order valence-corrected chi connectivity index (χ4v) is 2.82. The summed E-state index contributed by atoms with van der Waals surface area (Å²) in [6.07, 6.45) is 0. The van der Waals surface area contributed by atoms with Crippen LogP contribution in [0.25, 0.3) is 0 Å². The minimum atomic E-state index is -0.923. The third-order valence-electron chi connectivity index (χ3n) is 3.12. The first-order chi connectivity index (χ1) is 8.20. The maximum absolute atomic E-state index is 10.9. The van der Waals surface area contributed by atoms with Crippen molar-refractivity contribution in [2.24, 2.45) is 0 Å². The van der Waals surface area contributed by atoms with Crippen LogP contribution in [0.4, 0.5) is 0 Å². The number of rotatable bonds is 4. The van der Waals surface area contributed by atoms with E-state index in [2.05, 4.69) is 21.7 Å². The second-order valence-electron chi connectivity index (χ2n) is 4.14. The van der Waals surface area contributed by atoms with Crippen molar-refractivity contribution in [2.75, 3.05) is 32.7 Å². The monoisotopic (exact) mass is 255 g/mol. The molecule has 5 nitrogen and oxygen atoms in total. The Morgan fingerprint density at radius 2 is 2.06 bits per heavy atom. The molecule has 2 rings (SSSR count). The molecular formula is C11H17N3O2S. The van der Waals surface area contributed by atoms with Gasteiger partial charge < -0.3 is 10.0 Å². The molecule has 2 heterocycles. The molecule has 1 saturated heterocycles. The van der Waals surface area contributed by atoms with Gasteiger partial charge in [0, 0.05) is 32.7 Å². The zero-order chi connectivity index (χ0) is 12.3. The molecule has 17 heavy (non-hydrogen) atoms. The summed E-state index contributed by atoms with van der Waals surface area (Å²) in [6.45, 7) is 8.12. The van der Waals surface area contributed by atoms with Crippen LogP contribution >= 0.6 is 11.3 Å². The lowest BCUT2D eigenvalue weighted by molar-refractivity contribution is 0.0687. The Bertz CT molecular complexity index is 386. The van der Waals surface area contributed by atoms with Crippen LogP contribution in [0.3, 0.4) is 0 Å². The summed E-state index contributed by atoms with van der Waals surface area (Å²) in [5.41, 5.74) is 1.83. The quantitative estimate of drug-likeness (QED) is 0.869. The Morgan fingerprint density at radius 1 is 1.41 bits per heavy atom. The van der Waals surface area contributed by atoms with Gasteiger partial charge in [0.15, 0.2) is 5.69 Å². The number of nitrogens with zero attached hydrogens (tertiary/aromatic N) is 3. The number of hydrogen-bond donors (Lipinski definition) is 1. The van der Waals surface area contributed by atoms with Crippen LogP contribution < -0.4 is 0 Å². The van der Waals surface area contributed by atoms with Crippen molar-refractivity contribution >= 4 is 17.3 Å². The Morgan fingerprint density at radius 3 is 2.65 bits per heavy atom. The Kier molecular flexibility index (Phi) is 4.09. The average molecular weight is 255 g/mol. The van der Waals surface area contributed by atoms with E-state index >= 15 is 0 Å². The molecule has 1 N–H and O–H groups in total. The summed E-state index contributed by atoms with van der Waals surface area (Å²) < 4.78 is 0. The van der Waals surface area contributed by atoms with Gasteiger partial charge in [-0.15, -0.1) is 11.3 Å². The van der Waals surface area contributed by atoms with E-state index in [1.165, 1.54) is 11.3 Å². The lowest BCUT2D eigenvalue weighted by atomic mass is 10.3. The summed E-state index contributed by atoms with van der Waals surface area (Å²) in [6, 6.07) is 0. The number of aromatic carboxylic acids is 1. The average Bonchev–Trinajstić information content (AvgIpc) is 2.78. The first kappa shape index (κ1) is 12.5. The van der Waals surface area contributed by atoms with Crippen LogP contribution in [0, 0.1) is 0 Å². The molecule has 0 bridgehead atoms. The summed E-state index contributed by atoms with van der Waals surface area (Å²) in [4.78, 5) is 20.4. The van der Waals surface area contributed by atoms with Crippen LogP contribution in [-0.4, -0.2) is 58.6 Å². The summed E-state index contributed by atoms with van der Waals surface area (Å²) in [5.74, 6) is -0.923.